The predicted octanol–water partition coefficient (Wildman–Crippen LogP) is 1.54. The Labute approximate surface area is 116 Å². The molecule has 0 aromatic carbocycles. The molecule has 116 valence electrons. The van der Waals surface area contributed by atoms with Crippen molar-refractivity contribution in [2.75, 3.05) is 20.2 Å². The van der Waals surface area contributed by atoms with E-state index in [1.807, 2.05) is 13.8 Å². The molecule has 2 N–H and O–H groups in total. The molecule has 4 nitrogen and oxygen atoms in total. The van der Waals surface area contributed by atoms with Crippen LogP contribution in [0.3, 0.4) is 0 Å². The molecular weight excluding hydrogens is 273 g/mol. The van der Waals surface area contributed by atoms with Gasteiger partial charge in [-0.3, -0.25) is 4.79 Å². The third kappa shape index (κ3) is 2.11. The molecule has 0 aromatic heterocycles. The summed E-state index contributed by atoms with van der Waals surface area (Å²) in [6.07, 6.45) is -4.68. The van der Waals surface area contributed by atoms with Crippen LogP contribution >= 0.6 is 0 Å². The second-order valence-electron chi connectivity index (χ2n) is 6.37. The van der Waals surface area contributed by atoms with Gasteiger partial charge in [0, 0.05) is 31.5 Å². The molecule has 7 heteroatoms. The van der Waals surface area contributed by atoms with Crippen molar-refractivity contribution >= 4 is 5.91 Å². The molecule has 0 aromatic rings. The van der Waals surface area contributed by atoms with Crippen molar-refractivity contribution in [2.45, 2.75) is 44.5 Å². The Bertz CT molecular complexity index is 411. The quantitative estimate of drug-likeness (QED) is 0.859. The smallest absolute Gasteiger partial charge is 0.377 e. The molecule has 3 unspecified atom stereocenters. The predicted molar refractivity (Wildman–Crippen MR) is 66.9 cm³/mol. The van der Waals surface area contributed by atoms with Gasteiger partial charge in [0.05, 0.1) is 12.5 Å². The zero-order valence-electron chi connectivity index (χ0n) is 12.0. The van der Waals surface area contributed by atoms with Gasteiger partial charge in [0.2, 0.25) is 5.91 Å². The highest BCUT2D eigenvalue weighted by atomic mass is 19.4. The van der Waals surface area contributed by atoms with E-state index in [1.165, 1.54) is 7.05 Å². The number of carbonyl (C=O) groups is 1. The van der Waals surface area contributed by atoms with E-state index in [-0.39, 0.29) is 18.6 Å². The van der Waals surface area contributed by atoms with E-state index in [0.717, 1.165) is 4.90 Å². The van der Waals surface area contributed by atoms with E-state index < -0.39 is 29.5 Å². The lowest BCUT2D eigenvalue weighted by Gasteiger charge is -2.61. The van der Waals surface area contributed by atoms with Crippen LogP contribution in [0, 0.1) is 11.3 Å². The lowest BCUT2D eigenvalue weighted by atomic mass is 9.47. The molecule has 1 saturated carbocycles. The van der Waals surface area contributed by atoms with E-state index in [2.05, 4.69) is 0 Å². The molecular formula is C13H21F3N2O2. The first kappa shape index (κ1) is 15.6. The van der Waals surface area contributed by atoms with Gasteiger partial charge in [0.1, 0.15) is 5.54 Å². The highest BCUT2D eigenvalue weighted by Gasteiger charge is 2.71. The Morgan fingerprint density at radius 3 is 2.60 bits per heavy atom. The molecule has 0 spiro atoms. The molecule has 2 rings (SSSR count). The fourth-order valence-electron chi connectivity index (χ4n) is 3.53. The first-order valence-corrected chi connectivity index (χ1v) is 6.74. The van der Waals surface area contributed by atoms with Gasteiger partial charge in [-0.15, -0.1) is 0 Å². The number of ether oxygens (including phenoxy) is 1. The van der Waals surface area contributed by atoms with Crippen molar-refractivity contribution in [1.82, 2.24) is 4.90 Å². The third-order valence-corrected chi connectivity index (χ3v) is 4.89. The lowest BCUT2D eigenvalue weighted by Crippen LogP contribution is -2.80. The topological polar surface area (TPSA) is 55.6 Å². The van der Waals surface area contributed by atoms with Crippen LogP contribution in [0.5, 0.6) is 0 Å². The van der Waals surface area contributed by atoms with E-state index in [9.17, 15) is 18.0 Å². The van der Waals surface area contributed by atoms with Crippen molar-refractivity contribution < 1.29 is 22.7 Å². The van der Waals surface area contributed by atoms with Crippen molar-refractivity contribution in [2.24, 2.45) is 17.1 Å². The van der Waals surface area contributed by atoms with Gasteiger partial charge in [-0.1, -0.05) is 13.8 Å². The zero-order chi connectivity index (χ0) is 15.3. The number of nitrogens with two attached hydrogens (primary N) is 1. The number of amides is 1. The number of alkyl halides is 3. The summed E-state index contributed by atoms with van der Waals surface area (Å²) in [4.78, 5) is 13.6. The van der Waals surface area contributed by atoms with Crippen molar-refractivity contribution in [3.63, 3.8) is 0 Å². The summed E-state index contributed by atoms with van der Waals surface area (Å²) in [6, 6.07) is 0. The van der Waals surface area contributed by atoms with Crippen LogP contribution in [0.15, 0.2) is 0 Å². The monoisotopic (exact) mass is 294 g/mol. The van der Waals surface area contributed by atoms with Gasteiger partial charge in [0.15, 0.2) is 0 Å². The Hall–Kier alpha value is -0.820. The molecule has 0 bridgehead atoms. The number of hydrogen-bond donors (Lipinski definition) is 1. The van der Waals surface area contributed by atoms with Gasteiger partial charge >= 0.3 is 6.18 Å². The summed E-state index contributed by atoms with van der Waals surface area (Å²) < 4.78 is 42.3. The average Bonchev–Trinajstić information content (AvgIpc) is 2.81. The summed E-state index contributed by atoms with van der Waals surface area (Å²) in [7, 11) is 1.38. The van der Waals surface area contributed by atoms with Gasteiger partial charge in [-0.05, 0) is 6.42 Å². The summed E-state index contributed by atoms with van der Waals surface area (Å²) >= 11 is 0. The molecule has 0 radical (unpaired) electrons. The molecule has 2 aliphatic rings. The van der Waals surface area contributed by atoms with Gasteiger partial charge in [0.25, 0.3) is 0 Å². The third-order valence-electron chi connectivity index (χ3n) is 4.89. The standard InChI is InChI=1S/C13H21F3N2O2/c1-11(2)9-8(4-7-20-9)13(11,17)10(19)18(3)6-5-12(14,15)16/h8-9H,4-7,17H2,1-3H3. The Balaban J connectivity index is 2.08. The van der Waals surface area contributed by atoms with E-state index >= 15 is 0 Å². The first-order valence-electron chi connectivity index (χ1n) is 6.74. The average molecular weight is 294 g/mol. The minimum atomic E-state index is -4.27. The molecule has 3 atom stereocenters. The normalized spacial score (nSPS) is 35.4. The number of halogens is 3. The molecule has 1 heterocycles. The summed E-state index contributed by atoms with van der Waals surface area (Å²) in [5.74, 6) is -0.517. The minimum Gasteiger partial charge on any atom is -0.377 e. The zero-order valence-corrected chi connectivity index (χ0v) is 12.0. The minimum absolute atomic E-state index is 0.0764. The van der Waals surface area contributed by atoms with E-state index in [4.69, 9.17) is 10.5 Å². The van der Waals surface area contributed by atoms with Gasteiger partial charge in [-0.2, -0.15) is 13.2 Å². The summed E-state index contributed by atoms with van der Waals surface area (Å²) in [5, 5.41) is 0. The Kier molecular flexibility index (Phi) is 3.57. The lowest BCUT2D eigenvalue weighted by molar-refractivity contribution is -0.185. The van der Waals surface area contributed by atoms with Crippen molar-refractivity contribution in [1.29, 1.82) is 0 Å². The number of carbonyl (C=O) groups excluding carboxylic acids is 1. The van der Waals surface area contributed by atoms with Crippen molar-refractivity contribution in [3.05, 3.63) is 0 Å². The van der Waals surface area contributed by atoms with Crippen LogP contribution in [0.25, 0.3) is 0 Å². The van der Waals surface area contributed by atoms with Crippen LogP contribution in [0.1, 0.15) is 26.7 Å². The number of likely N-dealkylation sites (N-methyl/N-ethyl adjacent to an activating group) is 1. The van der Waals surface area contributed by atoms with Crippen LogP contribution in [0.4, 0.5) is 13.2 Å². The molecule has 1 aliphatic heterocycles. The number of hydrogen-bond acceptors (Lipinski definition) is 3. The van der Waals surface area contributed by atoms with Gasteiger partial charge in [-0.25, -0.2) is 0 Å². The summed E-state index contributed by atoms with van der Waals surface area (Å²) in [5.41, 5.74) is 4.61. The highest BCUT2D eigenvalue weighted by Crippen LogP contribution is 2.58. The maximum absolute atomic E-state index is 12.5. The van der Waals surface area contributed by atoms with Crippen molar-refractivity contribution in [3.8, 4) is 0 Å². The second-order valence-corrected chi connectivity index (χ2v) is 6.37. The second kappa shape index (κ2) is 4.59. The fourth-order valence-corrected chi connectivity index (χ4v) is 3.53. The number of fused-ring (bicyclic) bond motifs is 1. The largest absolute Gasteiger partial charge is 0.390 e. The molecule has 1 saturated heterocycles. The molecule has 2 fully saturated rings. The molecule has 1 amide bonds. The van der Waals surface area contributed by atoms with E-state index in [1.54, 1.807) is 0 Å². The number of nitrogens with zero attached hydrogens (tertiary/aromatic N) is 1. The SMILES string of the molecule is CN(CCC(F)(F)F)C(=O)C1(N)C2CCOC2C1(C)C. The highest BCUT2D eigenvalue weighted by molar-refractivity contribution is 5.89. The van der Waals surface area contributed by atoms with Gasteiger partial charge < -0.3 is 15.4 Å². The maximum Gasteiger partial charge on any atom is 0.390 e. The fraction of sp³-hybridized carbons (Fsp3) is 0.923. The molecule has 1 aliphatic carbocycles. The van der Waals surface area contributed by atoms with Crippen LogP contribution in [0.2, 0.25) is 0 Å². The Morgan fingerprint density at radius 2 is 2.05 bits per heavy atom. The number of rotatable bonds is 3. The first-order chi connectivity index (χ1) is 9.02. The molecule has 20 heavy (non-hydrogen) atoms. The Morgan fingerprint density at radius 1 is 1.45 bits per heavy atom. The van der Waals surface area contributed by atoms with E-state index in [0.29, 0.717) is 13.0 Å². The van der Waals surface area contributed by atoms with Crippen LogP contribution in [-0.4, -0.2) is 48.8 Å². The summed E-state index contributed by atoms with van der Waals surface area (Å²) in [6.45, 7) is 3.87. The van der Waals surface area contributed by atoms with Crippen LogP contribution in [-0.2, 0) is 9.53 Å². The maximum atomic E-state index is 12.5. The van der Waals surface area contributed by atoms with Crippen LogP contribution < -0.4 is 5.73 Å².